The number of anilines is 1. The highest BCUT2D eigenvalue weighted by atomic mass is 35.5. The van der Waals surface area contributed by atoms with Crippen LogP contribution >= 0.6 is 35.3 Å². The Bertz CT molecular complexity index is 1160. The molecule has 162 valence electrons. The number of imidazole rings is 1. The van der Waals surface area contributed by atoms with E-state index in [1.54, 1.807) is 12.5 Å². The number of carbonyl (C=O) groups excluding carboxylic acids is 1. The van der Waals surface area contributed by atoms with Gasteiger partial charge in [0.25, 0.3) is 5.91 Å². The summed E-state index contributed by atoms with van der Waals surface area (Å²) in [7, 11) is 0. The van der Waals surface area contributed by atoms with Gasteiger partial charge in [0.15, 0.2) is 5.13 Å². The highest BCUT2D eigenvalue weighted by Gasteiger charge is 2.26. The maximum atomic E-state index is 14.5. The molecule has 0 aliphatic carbocycles. The van der Waals surface area contributed by atoms with E-state index in [1.165, 1.54) is 34.4 Å². The third kappa shape index (κ3) is 4.89. The fourth-order valence-electron chi connectivity index (χ4n) is 3.35. The summed E-state index contributed by atoms with van der Waals surface area (Å²) >= 11 is 7.61. The lowest BCUT2D eigenvalue weighted by molar-refractivity contribution is 0.0982. The number of hydrogen-bond donors (Lipinski definition) is 0. The van der Waals surface area contributed by atoms with Crippen molar-refractivity contribution < 1.29 is 9.18 Å². The highest BCUT2D eigenvalue weighted by Crippen LogP contribution is 2.33. The monoisotopic (exact) mass is 478 g/mol. The summed E-state index contributed by atoms with van der Waals surface area (Å²) < 4.78 is 17.4. The van der Waals surface area contributed by atoms with E-state index in [4.69, 9.17) is 16.6 Å². The summed E-state index contributed by atoms with van der Waals surface area (Å²) in [6.45, 7) is 3.13. The molecular weight excluding hydrogens is 458 g/mol. The fourth-order valence-corrected chi connectivity index (χ4v) is 4.63. The maximum absolute atomic E-state index is 14.5. The number of hydrogen-bond acceptors (Lipinski definition) is 4. The summed E-state index contributed by atoms with van der Waals surface area (Å²) in [6.07, 6.45) is 6.80. The number of aromatic nitrogens is 3. The van der Waals surface area contributed by atoms with Crippen LogP contribution in [-0.4, -0.2) is 27.0 Å². The summed E-state index contributed by atoms with van der Waals surface area (Å²) in [5, 5.41) is 0.635. The van der Waals surface area contributed by atoms with Crippen molar-refractivity contribution in [3.05, 3.63) is 77.1 Å². The van der Waals surface area contributed by atoms with Crippen molar-refractivity contribution in [1.82, 2.24) is 14.5 Å². The number of benzene rings is 2. The van der Waals surface area contributed by atoms with Gasteiger partial charge in [-0.2, -0.15) is 0 Å². The minimum atomic E-state index is -0.637. The van der Waals surface area contributed by atoms with E-state index in [1.807, 2.05) is 29.0 Å². The van der Waals surface area contributed by atoms with Crippen molar-refractivity contribution >= 4 is 56.6 Å². The first kappa shape index (κ1) is 23.2. The van der Waals surface area contributed by atoms with Crippen LogP contribution in [0, 0.1) is 5.82 Å². The molecule has 9 heteroatoms. The third-order valence-corrected chi connectivity index (χ3v) is 6.24. The maximum Gasteiger partial charge on any atom is 0.264 e. The van der Waals surface area contributed by atoms with E-state index in [0.29, 0.717) is 24.6 Å². The zero-order valence-electron chi connectivity index (χ0n) is 16.8. The molecule has 0 unspecified atom stereocenters. The molecule has 0 spiro atoms. The van der Waals surface area contributed by atoms with Gasteiger partial charge in [0.1, 0.15) is 5.82 Å². The van der Waals surface area contributed by atoms with Gasteiger partial charge in [0, 0.05) is 25.5 Å². The fraction of sp³-hybridized carbons (Fsp3) is 0.227. The summed E-state index contributed by atoms with van der Waals surface area (Å²) in [6, 6.07) is 10.3. The largest absolute Gasteiger partial charge is 0.337 e. The minimum absolute atomic E-state index is 0. The van der Waals surface area contributed by atoms with Crippen LogP contribution in [0.25, 0.3) is 10.2 Å². The molecule has 2 heterocycles. The molecule has 5 nitrogen and oxygen atoms in total. The quantitative estimate of drug-likeness (QED) is 0.326. The van der Waals surface area contributed by atoms with E-state index in [0.717, 1.165) is 22.2 Å². The van der Waals surface area contributed by atoms with Crippen LogP contribution in [-0.2, 0) is 13.0 Å². The van der Waals surface area contributed by atoms with Crippen molar-refractivity contribution in [3.63, 3.8) is 0 Å². The number of nitrogens with zero attached hydrogens (tertiary/aromatic N) is 4. The lowest BCUT2D eigenvalue weighted by Gasteiger charge is -2.21. The lowest BCUT2D eigenvalue weighted by Crippen LogP contribution is -2.33. The topological polar surface area (TPSA) is 51.0 Å². The molecule has 31 heavy (non-hydrogen) atoms. The molecule has 0 saturated carbocycles. The molecule has 4 rings (SSSR count). The number of aryl methyl sites for hydroxylation is 2. The number of halogens is 3. The Balaban J connectivity index is 0.00000272. The molecule has 0 radical (unpaired) electrons. The number of thiazole rings is 1. The molecule has 0 bridgehead atoms. The van der Waals surface area contributed by atoms with Gasteiger partial charge in [-0.25, -0.2) is 14.4 Å². The zero-order valence-corrected chi connectivity index (χ0v) is 19.2. The molecule has 0 aliphatic heterocycles. The molecule has 2 aromatic heterocycles. The van der Waals surface area contributed by atoms with Gasteiger partial charge < -0.3 is 4.57 Å². The number of fused-ring (bicyclic) bond motifs is 1. The molecular formula is C22H21Cl2FN4OS. The summed E-state index contributed by atoms with van der Waals surface area (Å²) in [5.41, 5.74) is 1.87. The Morgan fingerprint density at radius 1 is 1.26 bits per heavy atom. The van der Waals surface area contributed by atoms with E-state index in [9.17, 15) is 9.18 Å². The average Bonchev–Trinajstić information content (AvgIpc) is 3.40. The van der Waals surface area contributed by atoms with Gasteiger partial charge in [-0.3, -0.25) is 9.69 Å². The Morgan fingerprint density at radius 2 is 2.06 bits per heavy atom. The van der Waals surface area contributed by atoms with Crippen molar-refractivity contribution in [3.8, 4) is 0 Å². The lowest BCUT2D eigenvalue weighted by atomic mass is 10.1. The van der Waals surface area contributed by atoms with Gasteiger partial charge in [-0.05, 0) is 36.6 Å². The number of carbonyl (C=O) groups is 1. The van der Waals surface area contributed by atoms with Gasteiger partial charge in [0.05, 0.1) is 27.1 Å². The second-order valence-electron chi connectivity index (χ2n) is 6.82. The van der Waals surface area contributed by atoms with Crippen molar-refractivity contribution in [2.75, 3.05) is 11.4 Å². The van der Waals surface area contributed by atoms with E-state index in [2.05, 4.69) is 11.9 Å². The molecule has 4 aromatic rings. The molecule has 0 N–H and O–H groups in total. The van der Waals surface area contributed by atoms with Crippen LogP contribution in [0.1, 0.15) is 29.3 Å². The van der Waals surface area contributed by atoms with E-state index >= 15 is 0 Å². The van der Waals surface area contributed by atoms with Crippen molar-refractivity contribution in [1.29, 1.82) is 0 Å². The van der Waals surface area contributed by atoms with Crippen LogP contribution in [0.3, 0.4) is 0 Å². The molecule has 0 saturated heterocycles. The predicted molar refractivity (Wildman–Crippen MR) is 126 cm³/mol. The van der Waals surface area contributed by atoms with Crippen LogP contribution in [0.2, 0.25) is 5.02 Å². The summed E-state index contributed by atoms with van der Waals surface area (Å²) in [5.74, 6) is -1.12. The normalized spacial score (nSPS) is 10.8. The minimum Gasteiger partial charge on any atom is -0.337 e. The van der Waals surface area contributed by atoms with Gasteiger partial charge in [0.2, 0.25) is 0 Å². The van der Waals surface area contributed by atoms with Crippen molar-refractivity contribution in [2.45, 2.75) is 26.3 Å². The molecule has 0 atom stereocenters. The first-order valence-electron chi connectivity index (χ1n) is 9.68. The van der Waals surface area contributed by atoms with Crippen LogP contribution < -0.4 is 4.90 Å². The van der Waals surface area contributed by atoms with Crippen molar-refractivity contribution in [2.24, 2.45) is 0 Å². The number of amides is 1. The molecule has 0 aliphatic rings. The van der Waals surface area contributed by atoms with Gasteiger partial charge in [-0.1, -0.05) is 48.1 Å². The van der Waals surface area contributed by atoms with Gasteiger partial charge >= 0.3 is 0 Å². The predicted octanol–water partition coefficient (Wildman–Crippen LogP) is 6.01. The number of para-hydroxylation sites is 1. The van der Waals surface area contributed by atoms with Crippen LogP contribution in [0.5, 0.6) is 0 Å². The number of rotatable bonds is 7. The Hall–Kier alpha value is -2.48. The smallest absolute Gasteiger partial charge is 0.264 e. The van der Waals surface area contributed by atoms with E-state index in [-0.39, 0.29) is 23.0 Å². The Labute approximate surface area is 194 Å². The zero-order chi connectivity index (χ0) is 21.1. The first-order chi connectivity index (χ1) is 14.6. The van der Waals surface area contributed by atoms with E-state index < -0.39 is 11.7 Å². The highest BCUT2D eigenvalue weighted by molar-refractivity contribution is 7.22. The molecule has 2 aromatic carbocycles. The SMILES string of the molecule is CCc1cccc2sc(N(CCCn3ccnc3)C(=O)c3c(F)cccc3Cl)nc12.Cl. The van der Waals surface area contributed by atoms with Gasteiger partial charge in [-0.15, -0.1) is 12.4 Å². The first-order valence-corrected chi connectivity index (χ1v) is 10.9. The third-order valence-electron chi connectivity index (χ3n) is 4.88. The Kier molecular flexibility index (Phi) is 7.64. The second-order valence-corrected chi connectivity index (χ2v) is 8.24. The van der Waals surface area contributed by atoms with Crippen LogP contribution in [0.4, 0.5) is 9.52 Å². The standard InChI is InChI=1S/C22H20ClFN4OS.ClH/c1-2-15-6-3-9-18-20(15)26-22(30-18)28(12-5-11-27-13-10-25-14-27)21(29)19-16(23)7-4-8-17(19)24;/h3-4,6-10,13-14H,2,5,11-12H2,1H3;1H. The Morgan fingerprint density at radius 3 is 2.77 bits per heavy atom. The second kappa shape index (κ2) is 10.2. The summed E-state index contributed by atoms with van der Waals surface area (Å²) in [4.78, 5) is 23.7. The molecule has 1 amide bonds. The van der Waals surface area contributed by atoms with Crippen LogP contribution in [0.15, 0.2) is 55.1 Å². The average molecular weight is 479 g/mol. The molecule has 0 fully saturated rings.